The summed E-state index contributed by atoms with van der Waals surface area (Å²) in [5, 5.41) is 8.97. The number of aromatic nitrogens is 5. The number of likely N-dealkylation sites (tertiary alicyclic amines) is 1. The Morgan fingerprint density at radius 1 is 1.20 bits per heavy atom. The average molecular weight is 342 g/mol. The summed E-state index contributed by atoms with van der Waals surface area (Å²) in [4.78, 5) is 18.6. The van der Waals surface area contributed by atoms with Crippen LogP contribution in [-0.4, -0.2) is 48.2 Å². The molecule has 1 saturated heterocycles. The molecule has 7 heteroatoms. The number of amides is 1. The van der Waals surface area contributed by atoms with Crippen LogP contribution in [0, 0.1) is 12.8 Å². The highest BCUT2D eigenvalue weighted by Crippen LogP contribution is 2.34. The molecule has 0 spiro atoms. The fourth-order valence-electron chi connectivity index (χ4n) is 3.78. The zero-order chi connectivity index (χ0) is 17.4. The van der Waals surface area contributed by atoms with Crippen molar-refractivity contribution in [2.75, 3.05) is 13.1 Å². The van der Waals surface area contributed by atoms with Crippen molar-refractivity contribution in [3.05, 3.63) is 29.9 Å². The molecule has 0 bridgehead atoms. The van der Waals surface area contributed by atoms with Crippen LogP contribution in [0.2, 0.25) is 0 Å². The molecule has 0 atom stereocenters. The van der Waals surface area contributed by atoms with Crippen molar-refractivity contribution in [3.63, 3.8) is 0 Å². The van der Waals surface area contributed by atoms with E-state index in [1.54, 1.807) is 0 Å². The number of imidazole rings is 1. The lowest BCUT2D eigenvalue weighted by Gasteiger charge is -2.31. The largest absolute Gasteiger partial charge is 0.342 e. The molecular weight excluding hydrogens is 316 g/mol. The minimum atomic E-state index is 0.320. The van der Waals surface area contributed by atoms with Gasteiger partial charge in [0.05, 0.1) is 6.54 Å². The molecule has 1 saturated carbocycles. The number of hydrogen-bond acceptors (Lipinski definition) is 4. The Kier molecular flexibility index (Phi) is 4.31. The first kappa shape index (κ1) is 16.3. The van der Waals surface area contributed by atoms with Gasteiger partial charge in [-0.15, -0.1) is 10.2 Å². The fraction of sp³-hybridized carbons (Fsp3) is 0.667. The molecule has 1 aliphatic carbocycles. The lowest BCUT2D eigenvalue weighted by Crippen LogP contribution is -2.39. The van der Waals surface area contributed by atoms with Crippen LogP contribution in [0.5, 0.6) is 0 Å². The third kappa shape index (κ3) is 3.19. The highest BCUT2D eigenvalue weighted by molar-refractivity contribution is 5.81. The Morgan fingerprint density at radius 3 is 2.56 bits per heavy atom. The van der Waals surface area contributed by atoms with Gasteiger partial charge in [-0.2, -0.15) is 0 Å². The zero-order valence-electron chi connectivity index (χ0n) is 15.1. The third-order valence-corrected chi connectivity index (χ3v) is 5.51. The first-order valence-corrected chi connectivity index (χ1v) is 9.36. The molecule has 134 valence electrons. The van der Waals surface area contributed by atoms with Crippen LogP contribution in [0.15, 0.2) is 12.4 Å². The van der Waals surface area contributed by atoms with Gasteiger partial charge in [-0.05, 0) is 39.5 Å². The first-order chi connectivity index (χ1) is 12.2. The number of nitrogens with zero attached hydrogens (tertiary/aromatic N) is 6. The van der Waals surface area contributed by atoms with E-state index in [0.717, 1.165) is 62.8 Å². The number of carbonyl (C=O) groups excluding carboxylic acids is 1. The molecule has 0 aromatic carbocycles. The van der Waals surface area contributed by atoms with E-state index in [0.29, 0.717) is 24.3 Å². The molecule has 0 radical (unpaired) electrons. The van der Waals surface area contributed by atoms with Gasteiger partial charge in [0, 0.05) is 43.9 Å². The van der Waals surface area contributed by atoms with Gasteiger partial charge in [-0.1, -0.05) is 0 Å². The molecule has 0 N–H and O–H groups in total. The van der Waals surface area contributed by atoms with Gasteiger partial charge in [0.2, 0.25) is 5.91 Å². The lowest BCUT2D eigenvalue weighted by atomic mass is 9.95. The molecule has 1 amide bonds. The minimum Gasteiger partial charge on any atom is -0.342 e. The summed E-state index contributed by atoms with van der Waals surface area (Å²) < 4.78 is 4.33. The Morgan fingerprint density at radius 2 is 1.96 bits per heavy atom. The Balaban J connectivity index is 1.46. The van der Waals surface area contributed by atoms with Crippen LogP contribution in [0.25, 0.3) is 0 Å². The first-order valence-electron chi connectivity index (χ1n) is 9.36. The van der Waals surface area contributed by atoms with Gasteiger partial charge in [0.25, 0.3) is 0 Å². The summed E-state index contributed by atoms with van der Waals surface area (Å²) in [5.74, 6) is 4.13. The van der Waals surface area contributed by atoms with E-state index in [2.05, 4.69) is 36.1 Å². The molecule has 0 unspecified atom stereocenters. The standard InChI is InChI=1S/C18H26N6O/c1-3-24-16(12-23-11-8-19-13(23)2)20-21-17(24)14-6-9-22(10-7-14)18(25)15-4-5-15/h8,11,14-15H,3-7,9-10,12H2,1-2H3. The molecule has 2 aliphatic rings. The van der Waals surface area contributed by atoms with E-state index in [1.165, 1.54) is 0 Å². The van der Waals surface area contributed by atoms with Crippen LogP contribution in [0.3, 0.4) is 0 Å². The predicted molar refractivity (Wildman–Crippen MR) is 93.0 cm³/mol. The summed E-state index contributed by atoms with van der Waals surface area (Å²) in [6.07, 6.45) is 7.93. The van der Waals surface area contributed by atoms with Crippen molar-refractivity contribution in [1.29, 1.82) is 0 Å². The van der Waals surface area contributed by atoms with Crippen molar-refractivity contribution in [1.82, 2.24) is 29.2 Å². The SMILES string of the molecule is CCn1c(Cn2ccnc2C)nnc1C1CCN(C(=O)C2CC2)CC1. The van der Waals surface area contributed by atoms with E-state index >= 15 is 0 Å². The maximum Gasteiger partial charge on any atom is 0.225 e. The average Bonchev–Trinajstić information content (AvgIpc) is 3.30. The van der Waals surface area contributed by atoms with Gasteiger partial charge >= 0.3 is 0 Å². The number of rotatable bonds is 5. The summed E-state index contributed by atoms with van der Waals surface area (Å²) >= 11 is 0. The summed E-state index contributed by atoms with van der Waals surface area (Å²) in [6, 6.07) is 0. The fourth-order valence-corrected chi connectivity index (χ4v) is 3.78. The highest BCUT2D eigenvalue weighted by Gasteiger charge is 2.35. The Labute approximate surface area is 148 Å². The second-order valence-corrected chi connectivity index (χ2v) is 7.19. The van der Waals surface area contributed by atoms with Crippen LogP contribution in [0.1, 0.15) is 56.0 Å². The molecule has 2 aromatic rings. The summed E-state index contributed by atoms with van der Waals surface area (Å²) in [7, 11) is 0. The molecule has 2 fully saturated rings. The Hall–Kier alpha value is -2.18. The predicted octanol–water partition coefficient (Wildman–Crippen LogP) is 1.97. The number of carbonyl (C=O) groups is 1. The number of aryl methyl sites for hydroxylation is 1. The summed E-state index contributed by atoms with van der Waals surface area (Å²) in [6.45, 7) is 7.42. The van der Waals surface area contributed by atoms with E-state index in [-0.39, 0.29) is 0 Å². The van der Waals surface area contributed by atoms with E-state index < -0.39 is 0 Å². The maximum absolute atomic E-state index is 12.2. The molecule has 4 rings (SSSR count). The van der Waals surface area contributed by atoms with Gasteiger partial charge < -0.3 is 14.0 Å². The second kappa shape index (κ2) is 6.61. The van der Waals surface area contributed by atoms with Crippen molar-refractivity contribution < 1.29 is 4.79 Å². The monoisotopic (exact) mass is 342 g/mol. The Bertz CT molecular complexity index is 751. The highest BCUT2D eigenvalue weighted by atomic mass is 16.2. The maximum atomic E-state index is 12.2. The molecular formula is C18H26N6O. The van der Waals surface area contributed by atoms with E-state index in [9.17, 15) is 4.79 Å². The van der Waals surface area contributed by atoms with Crippen molar-refractivity contribution >= 4 is 5.91 Å². The van der Waals surface area contributed by atoms with Gasteiger partial charge in [0.15, 0.2) is 5.82 Å². The lowest BCUT2D eigenvalue weighted by molar-refractivity contribution is -0.133. The van der Waals surface area contributed by atoms with Crippen LogP contribution >= 0.6 is 0 Å². The minimum absolute atomic E-state index is 0.320. The molecule has 25 heavy (non-hydrogen) atoms. The normalized spacial score (nSPS) is 18.7. The van der Waals surface area contributed by atoms with E-state index in [4.69, 9.17) is 0 Å². The van der Waals surface area contributed by atoms with Crippen molar-refractivity contribution in [2.24, 2.45) is 5.92 Å². The van der Waals surface area contributed by atoms with Gasteiger partial charge in [0.1, 0.15) is 11.6 Å². The number of piperidine rings is 1. The molecule has 2 aromatic heterocycles. The second-order valence-electron chi connectivity index (χ2n) is 7.19. The van der Waals surface area contributed by atoms with Crippen LogP contribution < -0.4 is 0 Å². The smallest absolute Gasteiger partial charge is 0.225 e. The zero-order valence-corrected chi connectivity index (χ0v) is 15.1. The molecule has 7 nitrogen and oxygen atoms in total. The topological polar surface area (TPSA) is 68.8 Å². The summed E-state index contributed by atoms with van der Waals surface area (Å²) in [5.41, 5.74) is 0. The molecule has 3 heterocycles. The van der Waals surface area contributed by atoms with Crippen LogP contribution in [0.4, 0.5) is 0 Å². The van der Waals surface area contributed by atoms with Crippen LogP contribution in [-0.2, 0) is 17.9 Å². The number of hydrogen-bond donors (Lipinski definition) is 0. The van der Waals surface area contributed by atoms with Crippen molar-refractivity contribution in [3.8, 4) is 0 Å². The third-order valence-electron chi connectivity index (χ3n) is 5.51. The quantitative estimate of drug-likeness (QED) is 0.833. The van der Waals surface area contributed by atoms with Crippen molar-refractivity contribution in [2.45, 2.75) is 58.5 Å². The van der Waals surface area contributed by atoms with E-state index in [1.807, 2.05) is 19.3 Å². The van der Waals surface area contributed by atoms with Gasteiger partial charge in [-0.3, -0.25) is 4.79 Å². The molecule has 1 aliphatic heterocycles. The van der Waals surface area contributed by atoms with Gasteiger partial charge in [-0.25, -0.2) is 4.98 Å².